The largest absolute Gasteiger partial charge is 0.527 e. The second kappa shape index (κ2) is 7.48. The number of aliphatic hydroxyl groups excluding tert-OH is 1. The minimum Gasteiger partial charge on any atom is -0.404 e. The average molecular weight is 405 g/mol. The maximum atomic E-state index is 12.1. The van der Waals surface area contributed by atoms with Crippen LogP contribution in [0.4, 0.5) is 5.95 Å². The van der Waals surface area contributed by atoms with Crippen molar-refractivity contribution < 1.29 is 23.6 Å². The maximum Gasteiger partial charge on any atom is 0.527 e. The number of imidazole rings is 1. The van der Waals surface area contributed by atoms with E-state index >= 15 is 0 Å². The molecule has 28 heavy (non-hydrogen) atoms. The van der Waals surface area contributed by atoms with Crippen molar-refractivity contribution >= 4 is 24.9 Å². The van der Waals surface area contributed by atoms with Gasteiger partial charge in [0, 0.05) is 18.6 Å². The van der Waals surface area contributed by atoms with E-state index in [0.717, 1.165) is 0 Å². The molecule has 1 fully saturated rings. The van der Waals surface area contributed by atoms with Crippen LogP contribution < -0.4 is 10.3 Å². The highest BCUT2D eigenvalue weighted by Crippen LogP contribution is 2.49. The minimum atomic E-state index is -4.25. The number of phosphoric ester groups is 1. The summed E-state index contributed by atoms with van der Waals surface area (Å²) in [5.41, 5.74) is 6.87. The Morgan fingerprint density at radius 3 is 2.82 bits per heavy atom. The quantitative estimate of drug-likeness (QED) is 0.501. The first-order chi connectivity index (χ1) is 13.5. The van der Waals surface area contributed by atoms with Gasteiger partial charge in [0.1, 0.15) is 11.3 Å². The molecule has 1 unspecified atom stereocenters. The molecule has 2 aromatic heterocycles. The predicted octanol–water partition coefficient (Wildman–Crippen LogP) is 1.77. The summed E-state index contributed by atoms with van der Waals surface area (Å²) in [6, 6.07) is 8.23. The lowest BCUT2D eigenvalue weighted by molar-refractivity contribution is -0.00487. The first-order valence-corrected chi connectivity index (χ1v) is 10.2. The third kappa shape index (κ3) is 3.72. The zero-order chi connectivity index (χ0) is 19.7. The van der Waals surface area contributed by atoms with Crippen molar-refractivity contribution in [1.82, 2.24) is 19.5 Å². The predicted molar refractivity (Wildman–Crippen MR) is 100 cm³/mol. The summed E-state index contributed by atoms with van der Waals surface area (Å²) in [6.45, 7) is -0.111. The standard InChI is InChI=1S/C17H20N5O5P/c18-17-19-7-14-16(21-17)22(10-20-14)15-6-11(13(15)8-23)9-26-28(24,25)27-12-4-2-1-3-5-12/h1-5,7,10-11,13,15,23H,6,8-9H2,(H,24,25)(H2,18,19,21)/t11-,13+,15-/m1/s1. The summed E-state index contributed by atoms with van der Waals surface area (Å²) in [5.74, 6) is 0.116. The van der Waals surface area contributed by atoms with Gasteiger partial charge in [-0.2, -0.15) is 4.98 Å². The molecule has 0 spiro atoms. The lowest BCUT2D eigenvalue weighted by Gasteiger charge is -2.44. The van der Waals surface area contributed by atoms with Crippen molar-refractivity contribution in [2.24, 2.45) is 11.8 Å². The summed E-state index contributed by atoms with van der Waals surface area (Å²) in [6.07, 6.45) is 3.81. The Labute approximate surface area is 160 Å². The van der Waals surface area contributed by atoms with Crippen molar-refractivity contribution in [2.45, 2.75) is 12.5 Å². The van der Waals surface area contributed by atoms with Gasteiger partial charge in [0.25, 0.3) is 0 Å². The van der Waals surface area contributed by atoms with Crippen LogP contribution in [-0.2, 0) is 9.09 Å². The fourth-order valence-electron chi connectivity index (χ4n) is 3.47. The van der Waals surface area contributed by atoms with Crippen molar-refractivity contribution in [3.05, 3.63) is 42.9 Å². The summed E-state index contributed by atoms with van der Waals surface area (Å²) < 4.78 is 24.2. The number of phosphoric acid groups is 1. The van der Waals surface area contributed by atoms with Crippen LogP contribution in [0.3, 0.4) is 0 Å². The Morgan fingerprint density at radius 2 is 2.07 bits per heavy atom. The molecule has 0 saturated heterocycles. The monoisotopic (exact) mass is 405 g/mol. The van der Waals surface area contributed by atoms with Gasteiger partial charge in [0.15, 0.2) is 5.65 Å². The molecule has 11 heteroatoms. The molecule has 1 aliphatic carbocycles. The third-order valence-corrected chi connectivity index (χ3v) is 5.88. The number of rotatable bonds is 7. The van der Waals surface area contributed by atoms with E-state index in [2.05, 4.69) is 15.0 Å². The number of anilines is 1. The van der Waals surface area contributed by atoms with Crippen molar-refractivity contribution in [1.29, 1.82) is 0 Å². The number of fused-ring (bicyclic) bond motifs is 1. The van der Waals surface area contributed by atoms with Crippen LogP contribution in [0.25, 0.3) is 11.2 Å². The van der Waals surface area contributed by atoms with E-state index in [1.54, 1.807) is 42.9 Å². The number of para-hydroxylation sites is 1. The Kier molecular flexibility index (Phi) is 5.03. The van der Waals surface area contributed by atoms with Gasteiger partial charge in [-0.05, 0) is 24.5 Å². The number of benzene rings is 1. The molecule has 3 aromatic rings. The van der Waals surface area contributed by atoms with E-state index in [1.807, 2.05) is 4.57 Å². The fraction of sp³-hybridized carbons (Fsp3) is 0.353. The van der Waals surface area contributed by atoms with E-state index in [0.29, 0.717) is 17.6 Å². The Bertz CT molecular complexity index is 1010. The molecule has 2 heterocycles. The van der Waals surface area contributed by atoms with E-state index in [-0.39, 0.29) is 42.8 Å². The minimum absolute atomic E-state index is 0.00785. The van der Waals surface area contributed by atoms with Crippen molar-refractivity contribution in [3.63, 3.8) is 0 Å². The number of nitrogens with two attached hydrogens (primary N) is 1. The van der Waals surface area contributed by atoms with Gasteiger partial charge in [0.05, 0.1) is 19.1 Å². The van der Waals surface area contributed by atoms with Gasteiger partial charge < -0.3 is 19.9 Å². The molecule has 1 saturated carbocycles. The molecule has 1 aromatic carbocycles. The Hall–Kier alpha value is -2.52. The van der Waals surface area contributed by atoms with Crippen LogP contribution >= 0.6 is 7.82 Å². The molecule has 0 amide bonds. The Balaban J connectivity index is 1.41. The Morgan fingerprint density at radius 1 is 1.29 bits per heavy atom. The number of nitrogen functional groups attached to an aromatic ring is 1. The molecule has 4 N–H and O–H groups in total. The highest BCUT2D eigenvalue weighted by molar-refractivity contribution is 7.47. The lowest BCUT2D eigenvalue weighted by Crippen LogP contribution is -2.42. The molecular formula is C17H20N5O5P. The first kappa shape index (κ1) is 18.8. The maximum absolute atomic E-state index is 12.1. The van der Waals surface area contributed by atoms with Crippen LogP contribution in [0.5, 0.6) is 5.75 Å². The van der Waals surface area contributed by atoms with Crippen LogP contribution in [0, 0.1) is 11.8 Å². The number of aromatic nitrogens is 4. The highest BCUT2D eigenvalue weighted by atomic mass is 31.2. The first-order valence-electron chi connectivity index (χ1n) is 8.75. The van der Waals surface area contributed by atoms with Gasteiger partial charge in [-0.15, -0.1) is 0 Å². The molecule has 10 nitrogen and oxygen atoms in total. The lowest BCUT2D eigenvalue weighted by atomic mass is 9.70. The normalized spacial score (nSPS) is 23.9. The van der Waals surface area contributed by atoms with E-state index < -0.39 is 7.82 Å². The van der Waals surface area contributed by atoms with Crippen LogP contribution in [0.2, 0.25) is 0 Å². The second-order valence-electron chi connectivity index (χ2n) is 6.67. The molecule has 0 bridgehead atoms. The molecule has 1 aliphatic rings. The molecule has 4 atom stereocenters. The smallest absolute Gasteiger partial charge is 0.404 e. The zero-order valence-corrected chi connectivity index (χ0v) is 15.7. The molecule has 4 rings (SSSR count). The summed E-state index contributed by atoms with van der Waals surface area (Å²) in [7, 11) is -4.25. The number of hydrogen-bond acceptors (Lipinski definition) is 8. The van der Waals surface area contributed by atoms with Gasteiger partial charge in [-0.25, -0.2) is 14.5 Å². The number of nitrogens with zero attached hydrogens (tertiary/aromatic N) is 4. The van der Waals surface area contributed by atoms with Crippen LogP contribution in [0.15, 0.2) is 42.9 Å². The van der Waals surface area contributed by atoms with Gasteiger partial charge in [0.2, 0.25) is 5.95 Å². The highest BCUT2D eigenvalue weighted by Gasteiger charge is 2.43. The second-order valence-corrected chi connectivity index (χ2v) is 8.04. The van der Waals surface area contributed by atoms with Gasteiger partial charge in [-0.3, -0.25) is 9.42 Å². The number of aliphatic hydroxyl groups is 1. The average Bonchev–Trinajstić information content (AvgIpc) is 3.04. The zero-order valence-electron chi connectivity index (χ0n) is 14.8. The van der Waals surface area contributed by atoms with Crippen molar-refractivity contribution in [2.75, 3.05) is 18.9 Å². The summed E-state index contributed by atoms with van der Waals surface area (Å²) >= 11 is 0. The number of hydrogen-bond donors (Lipinski definition) is 3. The van der Waals surface area contributed by atoms with E-state index in [1.165, 1.54) is 0 Å². The van der Waals surface area contributed by atoms with Crippen LogP contribution in [-0.4, -0.2) is 42.7 Å². The SMILES string of the molecule is Nc1ncc2ncn([C@@H]3C[C@H](COP(=O)(O)Oc4ccccc4)[C@@H]3CO)c2n1. The van der Waals surface area contributed by atoms with E-state index in [4.69, 9.17) is 14.8 Å². The van der Waals surface area contributed by atoms with Crippen molar-refractivity contribution in [3.8, 4) is 5.75 Å². The topological polar surface area (TPSA) is 146 Å². The van der Waals surface area contributed by atoms with Gasteiger partial charge >= 0.3 is 7.82 Å². The van der Waals surface area contributed by atoms with E-state index in [9.17, 15) is 14.6 Å². The molecule has 0 aliphatic heterocycles. The van der Waals surface area contributed by atoms with Gasteiger partial charge in [-0.1, -0.05) is 18.2 Å². The molecule has 148 valence electrons. The molecule has 0 radical (unpaired) electrons. The summed E-state index contributed by atoms with van der Waals surface area (Å²) in [4.78, 5) is 22.3. The fourth-order valence-corrected chi connectivity index (χ4v) is 4.29. The summed E-state index contributed by atoms with van der Waals surface area (Å²) in [5, 5.41) is 9.81. The third-order valence-electron chi connectivity index (χ3n) is 4.96. The molecular weight excluding hydrogens is 385 g/mol. The van der Waals surface area contributed by atoms with Crippen LogP contribution in [0.1, 0.15) is 12.5 Å².